The molecule has 1 saturated carbocycles. The third-order valence-corrected chi connectivity index (χ3v) is 4.14. The fraction of sp³-hybridized carbons (Fsp3) is 0.643. The van der Waals surface area contributed by atoms with E-state index in [0.29, 0.717) is 11.6 Å². The first kappa shape index (κ1) is 15.5. The highest BCUT2D eigenvalue weighted by molar-refractivity contribution is 5.94. The lowest BCUT2D eigenvalue weighted by Gasteiger charge is -2.32. The van der Waals surface area contributed by atoms with E-state index in [1.807, 2.05) is 6.92 Å². The van der Waals surface area contributed by atoms with E-state index in [2.05, 4.69) is 10.5 Å². The Morgan fingerprint density at radius 1 is 1.62 bits per heavy atom. The highest BCUT2D eigenvalue weighted by atomic mass is 16.5. The normalized spacial score (nSPS) is 24.9. The number of amides is 2. The van der Waals surface area contributed by atoms with Crippen molar-refractivity contribution in [2.24, 2.45) is 11.1 Å². The summed E-state index contributed by atoms with van der Waals surface area (Å²) in [5.41, 5.74) is 5.47. The second-order valence-electron chi connectivity index (χ2n) is 5.95. The van der Waals surface area contributed by atoms with E-state index in [1.54, 1.807) is 20.0 Å². The summed E-state index contributed by atoms with van der Waals surface area (Å²) < 4.78 is 4.87. The molecule has 1 fully saturated rings. The van der Waals surface area contributed by atoms with Crippen molar-refractivity contribution in [3.05, 3.63) is 11.8 Å². The zero-order valence-corrected chi connectivity index (χ0v) is 12.7. The molecule has 7 heteroatoms. The molecule has 116 valence electrons. The smallest absolute Gasteiger partial charge is 0.245 e. The Balaban J connectivity index is 1.93. The number of carbonyl (C=O) groups is 2. The first-order chi connectivity index (χ1) is 9.83. The maximum atomic E-state index is 12.5. The fourth-order valence-corrected chi connectivity index (χ4v) is 2.79. The Bertz CT molecular complexity index is 542. The summed E-state index contributed by atoms with van der Waals surface area (Å²) in [6.45, 7) is 3.58. The maximum Gasteiger partial charge on any atom is 0.245 e. The molecule has 1 heterocycles. The molecule has 0 aromatic carbocycles. The van der Waals surface area contributed by atoms with Gasteiger partial charge in [-0.3, -0.25) is 9.59 Å². The number of hydrogen-bond acceptors (Lipinski definition) is 5. The molecule has 0 saturated heterocycles. The summed E-state index contributed by atoms with van der Waals surface area (Å²) in [6, 6.07) is 1.47. The van der Waals surface area contributed by atoms with Gasteiger partial charge in [-0.1, -0.05) is 11.6 Å². The average molecular weight is 294 g/mol. The van der Waals surface area contributed by atoms with Crippen LogP contribution in [0.4, 0.5) is 5.82 Å². The first-order valence-electron chi connectivity index (χ1n) is 7.07. The van der Waals surface area contributed by atoms with Gasteiger partial charge in [0, 0.05) is 19.2 Å². The Morgan fingerprint density at radius 2 is 2.33 bits per heavy atom. The second kappa shape index (κ2) is 5.85. The van der Waals surface area contributed by atoms with Crippen LogP contribution in [0.5, 0.6) is 0 Å². The molecule has 1 aromatic rings. The second-order valence-corrected chi connectivity index (χ2v) is 5.95. The van der Waals surface area contributed by atoms with Gasteiger partial charge in [0.15, 0.2) is 5.82 Å². The number of anilines is 1. The summed E-state index contributed by atoms with van der Waals surface area (Å²) >= 11 is 0. The Hall–Kier alpha value is -1.89. The van der Waals surface area contributed by atoms with Crippen LogP contribution in [0.15, 0.2) is 10.6 Å². The zero-order valence-electron chi connectivity index (χ0n) is 12.7. The van der Waals surface area contributed by atoms with Gasteiger partial charge in [0.05, 0.1) is 12.0 Å². The van der Waals surface area contributed by atoms with Gasteiger partial charge in [-0.05, 0) is 26.7 Å². The minimum absolute atomic E-state index is 0.0347. The zero-order chi connectivity index (χ0) is 15.6. The summed E-state index contributed by atoms with van der Waals surface area (Å²) in [7, 11) is 1.62. The van der Waals surface area contributed by atoms with Crippen molar-refractivity contribution in [2.75, 3.05) is 18.9 Å². The van der Waals surface area contributed by atoms with Crippen LogP contribution in [0.2, 0.25) is 0 Å². The number of hydrogen-bond donors (Lipinski definition) is 2. The number of aromatic nitrogens is 1. The van der Waals surface area contributed by atoms with Crippen molar-refractivity contribution in [1.29, 1.82) is 0 Å². The van der Waals surface area contributed by atoms with Gasteiger partial charge < -0.3 is 20.5 Å². The van der Waals surface area contributed by atoms with E-state index in [-0.39, 0.29) is 24.4 Å². The number of nitrogens with two attached hydrogens (primary N) is 1. The van der Waals surface area contributed by atoms with Gasteiger partial charge in [0.1, 0.15) is 5.76 Å². The quantitative estimate of drug-likeness (QED) is 0.859. The van der Waals surface area contributed by atoms with Crippen molar-refractivity contribution < 1.29 is 14.1 Å². The Kier molecular flexibility index (Phi) is 4.32. The molecule has 2 amide bonds. The molecular formula is C14H22N4O3. The molecule has 1 aliphatic carbocycles. The van der Waals surface area contributed by atoms with Gasteiger partial charge in [-0.15, -0.1) is 0 Å². The lowest BCUT2D eigenvalue weighted by atomic mass is 9.83. The van der Waals surface area contributed by atoms with Crippen LogP contribution in [0.25, 0.3) is 0 Å². The Labute approximate surface area is 123 Å². The molecule has 0 spiro atoms. The average Bonchev–Trinajstić information content (AvgIpc) is 2.96. The predicted octanol–water partition coefficient (Wildman–Crippen LogP) is 0.897. The fourth-order valence-electron chi connectivity index (χ4n) is 2.79. The van der Waals surface area contributed by atoms with Crippen molar-refractivity contribution in [3.63, 3.8) is 0 Å². The van der Waals surface area contributed by atoms with Crippen LogP contribution in [0.1, 0.15) is 31.9 Å². The molecule has 2 atom stereocenters. The predicted molar refractivity (Wildman–Crippen MR) is 77.4 cm³/mol. The van der Waals surface area contributed by atoms with Gasteiger partial charge >= 0.3 is 0 Å². The molecule has 0 bridgehead atoms. The number of nitrogens with zero attached hydrogens (tertiary/aromatic N) is 2. The maximum absolute atomic E-state index is 12.5. The Morgan fingerprint density at radius 3 is 2.86 bits per heavy atom. The minimum Gasteiger partial charge on any atom is -0.360 e. The lowest BCUT2D eigenvalue weighted by molar-refractivity contribution is -0.142. The van der Waals surface area contributed by atoms with Gasteiger partial charge in [0.2, 0.25) is 11.8 Å². The number of rotatable bonds is 4. The van der Waals surface area contributed by atoms with Crippen molar-refractivity contribution in [3.8, 4) is 0 Å². The van der Waals surface area contributed by atoms with Gasteiger partial charge in [-0.25, -0.2) is 0 Å². The molecule has 3 N–H and O–H groups in total. The van der Waals surface area contributed by atoms with Crippen molar-refractivity contribution in [2.45, 2.75) is 39.2 Å². The van der Waals surface area contributed by atoms with E-state index < -0.39 is 5.41 Å². The largest absolute Gasteiger partial charge is 0.360 e. The SMILES string of the molecule is Cc1cc(NC(=O)CN(C)C(=O)C2(C)CCCC2N)no1. The van der Waals surface area contributed by atoms with Crippen molar-refractivity contribution in [1.82, 2.24) is 10.1 Å². The number of aryl methyl sites for hydroxylation is 1. The van der Waals surface area contributed by atoms with Gasteiger partial charge in [0.25, 0.3) is 0 Å². The summed E-state index contributed by atoms with van der Waals surface area (Å²) in [6.07, 6.45) is 2.56. The summed E-state index contributed by atoms with van der Waals surface area (Å²) in [4.78, 5) is 25.8. The molecular weight excluding hydrogens is 272 g/mol. The number of carbonyl (C=O) groups excluding carboxylic acids is 2. The molecule has 0 aliphatic heterocycles. The molecule has 2 rings (SSSR count). The van der Waals surface area contributed by atoms with Crippen LogP contribution < -0.4 is 11.1 Å². The van der Waals surface area contributed by atoms with E-state index >= 15 is 0 Å². The van der Waals surface area contributed by atoms with Crippen molar-refractivity contribution >= 4 is 17.6 Å². The molecule has 21 heavy (non-hydrogen) atoms. The van der Waals surface area contributed by atoms with Crippen LogP contribution in [0.3, 0.4) is 0 Å². The molecule has 1 aliphatic rings. The topological polar surface area (TPSA) is 101 Å². The third kappa shape index (κ3) is 3.24. The minimum atomic E-state index is -0.570. The molecule has 7 nitrogen and oxygen atoms in total. The lowest BCUT2D eigenvalue weighted by Crippen LogP contribution is -2.49. The third-order valence-electron chi connectivity index (χ3n) is 4.14. The van der Waals surface area contributed by atoms with E-state index in [9.17, 15) is 9.59 Å². The van der Waals surface area contributed by atoms with Crippen LogP contribution in [0, 0.1) is 12.3 Å². The van der Waals surface area contributed by atoms with E-state index in [1.165, 1.54) is 4.90 Å². The summed E-state index contributed by atoms with van der Waals surface area (Å²) in [5, 5.41) is 6.27. The van der Waals surface area contributed by atoms with E-state index in [4.69, 9.17) is 10.3 Å². The van der Waals surface area contributed by atoms with Crippen LogP contribution >= 0.6 is 0 Å². The van der Waals surface area contributed by atoms with Crippen LogP contribution in [-0.2, 0) is 9.59 Å². The molecule has 0 radical (unpaired) electrons. The highest BCUT2D eigenvalue weighted by Crippen LogP contribution is 2.38. The number of likely N-dealkylation sites (N-methyl/N-ethyl adjacent to an activating group) is 1. The first-order valence-corrected chi connectivity index (χ1v) is 7.07. The van der Waals surface area contributed by atoms with E-state index in [0.717, 1.165) is 19.3 Å². The van der Waals surface area contributed by atoms with Gasteiger partial charge in [-0.2, -0.15) is 0 Å². The van der Waals surface area contributed by atoms with Crippen LogP contribution in [-0.4, -0.2) is 41.5 Å². The standard InChI is InChI=1S/C14H22N4O3/c1-9-7-11(17-21-9)16-12(19)8-18(3)13(20)14(2)6-4-5-10(14)15/h7,10H,4-6,8,15H2,1-3H3,(H,16,17,19). The highest BCUT2D eigenvalue weighted by Gasteiger charge is 2.44. The monoisotopic (exact) mass is 294 g/mol. The molecule has 1 aromatic heterocycles. The number of nitrogens with one attached hydrogen (secondary N) is 1. The molecule has 2 unspecified atom stereocenters. The summed E-state index contributed by atoms with van der Waals surface area (Å²) in [5.74, 6) is 0.564.